The van der Waals surface area contributed by atoms with Crippen LogP contribution in [-0.4, -0.2) is 14.7 Å². The maximum absolute atomic E-state index is 6.12. The highest BCUT2D eigenvalue weighted by Gasteiger charge is 2.39. The Bertz CT molecular complexity index is 1020. The average molecular weight is 352 g/mol. The predicted octanol–water partition coefficient (Wildman–Crippen LogP) is 5.19. The van der Waals surface area contributed by atoms with Crippen molar-refractivity contribution in [3.8, 4) is 0 Å². The van der Waals surface area contributed by atoms with Gasteiger partial charge in [0.25, 0.3) is 0 Å². The molecule has 0 aliphatic carbocycles. The van der Waals surface area contributed by atoms with Gasteiger partial charge in [-0.15, -0.1) is 0 Å². The van der Waals surface area contributed by atoms with Crippen molar-refractivity contribution in [3.63, 3.8) is 0 Å². The first-order valence-electron chi connectivity index (χ1n) is 8.28. The molecule has 0 spiro atoms. The van der Waals surface area contributed by atoms with E-state index in [1.54, 1.807) is 0 Å². The van der Waals surface area contributed by atoms with E-state index in [0.29, 0.717) is 16.7 Å². The Morgan fingerprint density at radius 2 is 1.84 bits per heavy atom. The van der Waals surface area contributed by atoms with Gasteiger partial charge < -0.3 is 9.09 Å². The van der Waals surface area contributed by atoms with Crippen LogP contribution < -0.4 is 0 Å². The molecular weight excluding hydrogens is 334 g/mol. The monoisotopic (exact) mass is 351 g/mol. The quantitative estimate of drug-likeness (QED) is 0.508. The van der Waals surface area contributed by atoms with E-state index in [9.17, 15) is 0 Å². The molecule has 2 aromatic heterocycles. The summed E-state index contributed by atoms with van der Waals surface area (Å²) < 4.78 is 7.56. The maximum atomic E-state index is 6.12. The fraction of sp³-hybridized carbons (Fsp3) is 0.200. The van der Waals surface area contributed by atoms with Crippen molar-refractivity contribution in [1.29, 1.82) is 0 Å². The van der Waals surface area contributed by atoms with Gasteiger partial charge in [0, 0.05) is 23.7 Å². The van der Waals surface area contributed by atoms with E-state index in [-0.39, 0.29) is 0 Å². The molecule has 1 unspecified atom stereocenters. The Balaban J connectivity index is 2.06. The van der Waals surface area contributed by atoms with Crippen LogP contribution in [0.5, 0.6) is 0 Å². The Hall–Kier alpha value is -2.59. The molecule has 0 saturated heterocycles. The van der Waals surface area contributed by atoms with Gasteiger partial charge in [0.15, 0.2) is 0 Å². The standard InChI is InChI=1S/C20H18ClN3O/c1-3-20(19-22-14(2)25-23-19,16-8-10-17(21)11-9-16)24-13-12-15-6-4-5-7-18(15)24/h4-13H,3H2,1-2H3. The summed E-state index contributed by atoms with van der Waals surface area (Å²) in [6.45, 7) is 3.95. The van der Waals surface area contributed by atoms with E-state index in [1.807, 2.05) is 43.3 Å². The second-order valence-electron chi connectivity index (χ2n) is 6.10. The first kappa shape index (κ1) is 15.9. The lowest BCUT2D eigenvalue weighted by molar-refractivity contribution is 0.348. The van der Waals surface area contributed by atoms with Crippen LogP contribution >= 0.6 is 11.6 Å². The minimum atomic E-state index is -0.564. The van der Waals surface area contributed by atoms with E-state index in [1.165, 1.54) is 5.39 Å². The van der Waals surface area contributed by atoms with Gasteiger partial charge in [-0.05, 0) is 41.6 Å². The maximum Gasteiger partial charge on any atom is 0.223 e. The first-order chi connectivity index (χ1) is 12.1. The molecular formula is C20H18ClN3O. The normalized spacial score (nSPS) is 13.9. The van der Waals surface area contributed by atoms with Gasteiger partial charge in [0.2, 0.25) is 11.7 Å². The largest absolute Gasteiger partial charge is 0.340 e. The van der Waals surface area contributed by atoms with Crippen LogP contribution in [-0.2, 0) is 5.54 Å². The van der Waals surface area contributed by atoms with Gasteiger partial charge in [-0.3, -0.25) is 0 Å². The molecule has 0 N–H and O–H groups in total. The van der Waals surface area contributed by atoms with Crippen LogP contribution in [0.1, 0.15) is 30.6 Å². The van der Waals surface area contributed by atoms with Crippen molar-refractivity contribution < 1.29 is 4.52 Å². The fourth-order valence-corrected chi connectivity index (χ4v) is 3.64. The van der Waals surface area contributed by atoms with Crippen LogP contribution in [0.4, 0.5) is 0 Å². The summed E-state index contributed by atoms with van der Waals surface area (Å²) in [4.78, 5) is 4.58. The van der Waals surface area contributed by atoms with E-state index in [4.69, 9.17) is 16.1 Å². The van der Waals surface area contributed by atoms with Gasteiger partial charge in [-0.2, -0.15) is 4.98 Å². The molecule has 0 bridgehead atoms. The molecule has 2 aromatic carbocycles. The lowest BCUT2D eigenvalue weighted by Gasteiger charge is -2.33. The lowest BCUT2D eigenvalue weighted by Crippen LogP contribution is -2.36. The number of benzene rings is 2. The third kappa shape index (κ3) is 2.45. The summed E-state index contributed by atoms with van der Waals surface area (Å²) >= 11 is 6.12. The van der Waals surface area contributed by atoms with Crippen LogP contribution in [0.25, 0.3) is 10.9 Å². The second-order valence-corrected chi connectivity index (χ2v) is 6.54. The zero-order valence-electron chi connectivity index (χ0n) is 14.1. The average Bonchev–Trinajstić information content (AvgIpc) is 3.25. The molecule has 5 heteroatoms. The molecule has 4 nitrogen and oxygen atoms in total. The lowest BCUT2D eigenvalue weighted by atomic mass is 9.85. The van der Waals surface area contributed by atoms with E-state index in [2.05, 4.69) is 46.0 Å². The summed E-state index contributed by atoms with van der Waals surface area (Å²) in [6.07, 6.45) is 2.86. The summed E-state index contributed by atoms with van der Waals surface area (Å²) in [5.41, 5.74) is 1.63. The van der Waals surface area contributed by atoms with Gasteiger partial charge in [-0.1, -0.05) is 54.0 Å². The summed E-state index contributed by atoms with van der Waals surface area (Å²) in [5.74, 6) is 1.20. The Morgan fingerprint density at radius 1 is 1.08 bits per heavy atom. The molecule has 126 valence electrons. The molecule has 4 aromatic rings. The molecule has 0 aliphatic rings. The van der Waals surface area contributed by atoms with Crippen LogP contribution in [0, 0.1) is 6.92 Å². The summed E-state index contributed by atoms with van der Waals surface area (Å²) in [5, 5.41) is 6.16. The molecule has 2 heterocycles. The number of para-hydroxylation sites is 1. The van der Waals surface area contributed by atoms with Gasteiger partial charge in [0.05, 0.1) is 0 Å². The zero-order chi connectivity index (χ0) is 17.4. The molecule has 0 fully saturated rings. The number of hydrogen-bond donors (Lipinski definition) is 0. The van der Waals surface area contributed by atoms with Crippen molar-refractivity contribution >= 4 is 22.5 Å². The minimum absolute atomic E-state index is 0.554. The molecule has 0 amide bonds. The number of hydrogen-bond acceptors (Lipinski definition) is 3. The van der Waals surface area contributed by atoms with Crippen molar-refractivity contribution in [2.75, 3.05) is 0 Å². The van der Waals surface area contributed by atoms with E-state index >= 15 is 0 Å². The molecule has 1 atom stereocenters. The van der Waals surface area contributed by atoms with Crippen LogP contribution in [0.15, 0.2) is 65.3 Å². The van der Waals surface area contributed by atoms with Crippen molar-refractivity contribution in [1.82, 2.24) is 14.7 Å². The molecule has 25 heavy (non-hydrogen) atoms. The molecule has 0 radical (unpaired) electrons. The van der Waals surface area contributed by atoms with Gasteiger partial charge in [0.1, 0.15) is 5.54 Å². The van der Waals surface area contributed by atoms with Crippen molar-refractivity contribution in [2.24, 2.45) is 0 Å². The first-order valence-corrected chi connectivity index (χ1v) is 8.66. The number of aryl methyl sites for hydroxylation is 1. The van der Waals surface area contributed by atoms with Crippen molar-refractivity contribution in [2.45, 2.75) is 25.8 Å². The Labute approximate surface area is 151 Å². The zero-order valence-corrected chi connectivity index (χ0v) is 14.9. The predicted molar refractivity (Wildman–Crippen MR) is 98.9 cm³/mol. The number of fused-ring (bicyclic) bond motifs is 1. The van der Waals surface area contributed by atoms with Gasteiger partial charge >= 0.3 is 0 Å². The minimum Gasteiger partial charge on any atom is -0.340 e. The number of rotatable bonds is 4. The molecule has 0 aliphatic heterocycles. The highest BCUT2D eigenvalue weighted by atomic mass is 35.5. The van der Waals surface area contributed by atoms with Crippen LogP contribution in [0.3, 0.4) is 0 Å². The fourth-order valence-electron chi connectivity index (χ4n) is 3.52. The number of halogens is 1. The highest BCUT2D eigenvalue weighted by Crippen LogP contribution is 2.39. The highest BCUT2D eigenvalue weighted by molar-refractivity contribution is 6.30. The third-order valence-electron chi connectivity index (χ3n) is 4.74. The van der Waals surface area contributed by atoms with E-state index in [0.717, 1.165) is 17.5 Å². The topological polar surface area (TPSA) is 43.9 Å². The second kappa shape index (κ2) is 6.05. The Morgan fingerprint density at radius 3 is 2.52 bits per heavy atom. The van der Waals surface area contributed by atoms with E-state index < -0.39 is 5.54 Å². The van der Waals surface area contributed by atoms with Gasteiger partial charge in [-0.25, -0.2) is 0 Å². The third-order valence-corrected chi connectivity index (χ3v) is 4.99. The van der Waals surface area contributed by atoms with Crippen molar-refractivity contribution in [3.05, 3.63) is 83.1 Å². The smallest absolute Gasteiger partial charge is 0.223 e. The van der Waals surface area contributed by atoms with Crippen LogP contribution in [0.2, 0.25) is 5.02 Å². The number of aromatic nitrogens is 3. The molecule has 0 saturated carbocycles. The summed E-state index contributed by atoms with van der Waals surface area (Å²) in [7, 11) is 0. The number of nitrogens with zero attached hydrogens (tertiary/aromatic N) is 3. The Kier molecular flexibility index (Phi) is 3.85. The summed E-state index contributed by atoms with van der Waals surface area (Å²) in [6, 6.07) is 18.3. The SMILES string of the molecule is CCC(c1ccc(Cl)cc1)(c1noc(C)n1)n1ccc2ccccc21. The molecule has 4 rings (SSSR count).